The summed E-state index contributed by atoms with van der Waals surface area (Å²) in [4.78, 5) is 7.37. The molecule has 0 atom stereocenters. The Morgan fingerprint density at radius 1 is 0.439 bits per heavy atom. The summed E-state index contributed by atoms with van der Waals surface area (Å²) >= 11 is 0. The topological polar surface area (TPSA) is 14.1 Å². The molecule has 10 rings (SSSR count). The van der Waals surface area contributed by atoms with E-state index in [0.717, 1.165) is 28.4 Å². The van der Waals surface area contributed by atoms with E-state index in [-0.39, 0.29) is 17.5 Å². The van der Waals surface area contributed by atoms with Crippen molar-refractivity contribution < 1.29 is 0 Å². The fourth-order valence-electron chi connectivity index (χ4n) is 9.00. The van der Waals surface area contributed by atoms with Gasteiger partial charge in [-0.1, -0.05) is 120 Å². The zero-order valence-electron chi connectivity index (χ0n) is 33.6. The molecule has 0 aliphatic carbocycles. The first-order valence-electron chi connectivity index (χ1n) is 20.1. The number of anilines is 9. The van der Waals surface area contributed by atoms with E-state index < -0.39 is 0 Å². The molecule has 0 saturated heterocycles. The Bertz CT molecular complexity index is 2700. The van der Waals surface area contributed by atoms with Gasteiger partial charge >= 0.3 is 0 Å². The van der Waals surface area contributed by atoms with Crippen LogP contribution in [0.3, 0.4) is 0 Å². The Labute approximate surface area is 337 Å². The minimum atomic E-state index is 0.0284. The van der Waals surface area contributed by atoms with Crippen molar-refractivity contribution in [3.63, 3.8) is 0 Å². The molecule has 4 heterocycles. The van der Waals surface area contributed by atoms with Gasteiger partial charge in [0.25, 0.3) is 6.71 Å². The number of aromatic nitrogens is 1. The van der Waals surface area contributed by atoms with E-state index in [1.165, 1.54) is 55.9 Å². The van der Waals surface area contributed by atoms with Crippen LogP contribution in [0, 0.1) is 0 Å². The van der Waals surface area contributed by atoms with Crippen molar-refractivity contribution in [3.05, 3.63) is 187 Å². The molecular formula is C52H47BN4. The van der Waals surface area contributed by atoms with Gasteiger partial charge in [0.2, 0.25) is 0 Å². The molecule has 6 aromatic carbocycles. The summed E-state index contributed by atoms with van der Waals surface area (Å²) < 4.78 is 2.36. The summed E-state index contributed by atoms with van der Waals surface area (Å²) in [6.07, 6.45) is 2.20. The van der Waals surface area contributed by atoms with E-state index in [9.17, 15) is 0 Å². The number of benzene rings is 6. The molecule has 0 N–H and O–H groups in total. The maximum atomic E-state index is 2.49. The molecular weight excluding hydrogens is 691 g/mol. The highest BCUT2D eigenvalue weighted by Gasteiger charge is 2.44. The Morgan fingerprint density at radius 3 is 1.54 bits per heavy atom. The van der Waals surface area contributed by atoms with Crippen LogP contribution in [0.5, 0.6) is 0 Å². The van der Waals surface area contributed by atoms with Crippen LogP contribution in [0.2, 0.25) is 0 Å². The number of pyridine rings is 1. The maximum absolute atomic E-state index is 2.49. The lowest BCUT2D eigenvalue weighted by Crippen LogP contribution is -2.61. The molecule has 2 aliphatic rings. The predicted octanol–water partition coefficient (Wildman–Crippen LogP) is 12.1. The zero-order valence-corrected chi connectivity index (χ0v) is 33.6. The van der Waals surface area contributed by atoms with Crippen molar-refractivity contribution in [2.24, 2.45) is 0 Å². The first kappa shape index (κ1) is 35.0. The van der Waals surface area contributed by atoms with Gasteiger partial charge in [-0.2, -0.15) is 0 Å². The van der Waals surface area contributed by atoms with Gasteiger partial charge in [0.15, 0.2) is 0 Å². The highest BCUT2D eigenvalue weighted by Crippen LogP contribution is 2.46. The third-order valence-electron chi connectivity index (χ3n) is 11.9. The van der Waals surface area contributed by atoms with E-state index in [0.29, 0.717) is 0 Å². The molecule has 0 fully saturated rings. The summed E-state index contributed by atoms with van der Waals surface area (Å²) in [5.74, 6) is 1.19. The second-order valence-corrected chi connectivity index (χ2v) is 17.6. The molecule has 0 spiro atoms. The van der Waals surface area contributed by atoms with Gasteiger partial charge in [-0.05, 0) is 129 Å². The normalized spacial score (nSPS) is 13.3. The highest BCUT2D eigenvalue weighted by molar-refractivity contribution is 7.00. The molecule has 0 unspecified atom stereocenters. The molecule has 2 aromatic heterocycles. The quantitative estimate of drug-likeness (QED) is 0.163. The Hall–Kier alpha value is -6.46. The summed E-state index contributed by atoms with van der Waals surface area (Å²) in [6, 6.07) is 62.9. The standard InChI is InChI=1S/C52H47BN4/c1-51(2,3)36-23-27-40(28-24-36)55(41-29-25-37(26-30-41)52(4,5)6)43-31-32-44-48(35-43)56(38-16-9-7-10-17-38)46-21-15-22-47-49(46)53(44)45-34-42-20-13-14-33-54(42)50(45)57(47)39-18-11-8-12-19-39/h7-35H,1-6H3. The van der Waals surface area contributed by atoms with E-state index >= 15 is 0 Å². The first-order valence-corrected chi connectivity index (χ1v) is 20.1. The maximum Gasteiger partial charge on any atom is 0.254 e. The molecule has 4 nitrogen and oxygen atoms in total. The molecule has 278 valence electrons. The second-order valence-electron chi connectivity index (χ2n) is 17.6. The minimum absolute atomic E-state index is 0.0284. The fourth-order valence-corrected chi connectivity index (χ4v) is 9.00. The van der Waals surface area contributed by atoms with Crippen molar-refractivity contribution in [3.8, 4) is 0 Å². The average Bonchev–Trinajstić information content (AvgIpc) is 3.60. The van der Waals surface area contributed by atoms with Gasteiger partial charge in [0, 0.05) is 57.2 Å². The Morgan fingerprint density at radius 2 is 0.965 bits per heavy atom. The van der Waals surface area contributed by atoms with Crippen molar-refractivity contribution in [1.82, 2.24) is 4.40 Å². The van der Waals surface area contributed by atoms with Crippen LogP contribution < -0.4 is 31.1 Å². The lowest BCUT2D eigenvalue weighted by atomic mass is 9.34. The smallest absolute Gasteiger partial charge is 0.254 e. The molecule has 57 heavy (non-hydrogen) atoms. The van der Waals surface area contributed by atoms with Crippen molar-refractivity contribution in [2.45, 2.75) is 52.4 Å². The first-order chi connectivity index (χ1) is 27.6. The van der Waals surface area contributed by atoms with Crippen molar-refractivity contribution in [2.75, 3.05) is 14.7 Å². The fraction of sp³-hybridized carbons (Fsp3) is 0.154. The minimum Gasteiger partial charge on any atom is -0.311 e. The summed E-state index contributed by atoms with van der Waals surface area (Å²) in [7, 11) is 0. The van der Waals surface area contributed by atoms with E-state index in [1.54, 1.807) is 0 Å². The van der Waals surface area contributed by atoms with E-state index in [4.69, 9.17) is 0 Å². The van der Waals surface area contributed by atoms with Crippen LogP contribution >= 0.6 is 0 Å². The second kappa shape index (κ2) is 13.1. The Kier molecular flexibility index (Phi) is 8.02. The zero-order chi connectivity index (χ0) is 39.1. The third kappa shape index (κ3) is 5.75. The molecule has 0 amide bonds. The van der Waals surface area contributed by atoms with Crippen LogP contribution in [0.15, 0.2) is 176 Å². The van der Waals surface area contributed by atoms with Gasteiger partial charge in [-0.3, -0.25) is 4.90 Å². The van der Waals surface area contributed by atoms with Gasteiger partial charge < -0.3 is 14.2 Å². The van der Waals surface area contributed by atoms with Gasteiger partial charge in [0.05, 0.1) is 0 Å². The third-order valence-corrected chi connectivity index (χ3v) is 11.9. The average molecular weight is 739 g/mol. The molecule has 0 radical (unpaired) electrons. The van der Waals surface area contributed by atoms with Crippen molar-refractivity contribution in [1.29, 1.82) is 0 Å². The lowest BCUT2D eigenvalue weighted by molar-refractivity contribution is 0.590. The van der Waals surface area contributed by atoms with Gasteiger partial charge in [-0.15, -0.1) is 0 Å². The number of fused-ring (bicyclic) bond motifs is 6. The van der Waals surface area contributed by atoms with Gasteiger partial charge in [0.1, 0.15) is 5.82 Å². The lowest BCUT2D eigenvalue weighted by Gasteiger charge is -2.43. The largest absolute Gasteiger partial charge is 0.311 e. The Balaban J connectivity index is 1.22. The van der Waals surface area contributed by atoms with Crippen LogP contribution in [-0.4, -0.2) is 11.1 Å². The molecule has 5 heteroatoms. The number of nitrogens with zero attached hydrogens (tertiary/aromatic N) is 4. The number of hydrogen-bond donors (Lipinski definition) is 0. The molecule has 0 bridgehead atoms. The summed E-state index contributed by atoms with van der Waals surface area (Å²) in [5, 5.41) is 0. The SMILES string of the molecule is CC(C)(C)c1ccc(N(c2ccc(C(C)(C)C)cc2)c2ccc3c(c2)N(c2ccccc2)c2cccc4c2B3c2cc3ccccn3c2N4c2ccccc2)cc1. The van der Waals surface area contributed by atoms with Crippen LogP contribution in [0.1, 0.15) is 52.7 Å². The predicted molar refractivity (Wildman–Crippen MR) is 244 cm³/mol. The summed E-state index contributed by atoms with van der Waals surface area (Å²) in [5.41, 5.74) is 17.1. The molecule has 8 aromatic rings. The number of para-hydroxylation sites is 2. The summed E-state index contributed by atoms with van der Waals surface area (Å²) in [6.45, 7) is 13.7. The highest BCUT2D eigenvalue weighted by atomic mass is 15.2. The van der Waals surface area contributed by atoms with Crippen molar-refractivity contribution >= 4 is 79.9 Å². The van der Waals surface area contributed by atoms with E-state index in [2.05, 4.69) is 237 Å². The van der Waals surface area contributed by atoms with Gasteiger partial charge in [-0.25, -0.2) is 0 Å². The monoisotopic (exact) mass is 738 g/mol. The number of rotatable bonds is 5. The van der Waals surface area contributed by atoms with Crippen LogP contribution in [-0.2, 0) is 10.8 Å². The number of hydrogen-bond acceptors (Lipinski definition) is 3. The molecule has 2 aliphatic heterocycles. The van der Waals surface area contributed by atoms with Crippen LogP contribution in [0.4, 0.5) is 51.3 Å². The van der Waals surface area contributed by atoms with Crippen LogP contribution in [0.25, 0.3) is 5.52 Å². The van der Waals surface area contributed by atoms with E-state index in [1.807, 2.05) is 0 Å². The molecule has 0 saturated carbocycles.